The minimum atomic E-state index is -0.820. The minimum Gasteiger partial charge on any atom is -0.334 e. The van der Waals surface area contributed by atoms with E-state index in [0.29, 0.717) is 0 Å². The average molecular weight is 266 g/mol. The van der Waals surface area contributed by atoms with Gasteiger partial charge in [-0.15, -0.1) is 0 Å². The van der Waals surface area contributed by atoms with E-state index in [4.69, 9.17) is 10.3 Å². The normalized spacial score (nSPS) is 11.6. The fourth-order valence-corrected chi connectivity index (χ4v) is 1.39. The van der Waals surface area contributed by atoms with E-state index in [-0.39, 0.29) is 23.0 Å². The lowest BCUT2D eigenvalue weighted by molar-refractivity contribution is -0.385. The Morgan fingerprint density at radius 3 is 2.63 bits per heavy atom. The summed E-state index contributed by atoms with van der Waals surface area (Å²) in [6.45, 7) is 3.35. The molecule has 0 fully saturated rings. The van der Waals surface area contributed by atoms with Crippen LogP contribution in [0, 0.1) is 15.9 Å². The van der Waals surface area contributed by atoms with Crippen molar-refractivity contribution in [1.82, 2.24) is 10.1 Å². The van der Waals surface area contributed by atoms with Gasteiger partial charge < -0.3 is 10.3 Å². The van der Waals surface area contributed by atoms with E-state index >= 15 is 0 Å². The molecule has 100 valence electrons. The summed E-state index contributed by atoms with van der Waals surface area (Å²) in [5.41, 5.74) is 4.61. The van der Waals surface area contributed by atoms with Crippen molar-refractivity contribution >= 4 is 5.69 Å². The van der Waals surface area contributed by atoms with Gasteiger partial charge in [-0.2, -0.15) is 4.98 Å². The first-order chi connectivity index (χ1) is 8.79. The van der Waals surface area contributed by atoms with Crippen molar-refractivity contribution in [3.8, 4) is 11.5 Å². The lowest BCUT2D eigenvalue weighted by atomic mass is 10.1. The highest BCUT2D eigenvalue weighted by Crippen LogP contribution is 2.26. The highest BCUT2D eigenvalue weighted by Gasteiger charge is 2.23. The number of aromatic nitrogens is 2. The van der Waals surface area contributed by atoms with Crippen LogP contribution in [0.25, 0.3) is 11.5 Å². The molecule has 8 heteroatoms. The summed E-state index contributed by atoms with van der Waals surface area (Å²) in [4.78, 5) is 13.8. The quantitative estimate of drug-likeness (QED) is 0.672. The second kappa shape index (κ2) is 4.39. The number of rotatable bonds is 3. The Balaban J connectivity index is 2.43. The lowest BCUT2D eigenvalue weighted by Gasteiger charge is -2.11. The molecule has 0 spiro atoms. The molecule has 1 aromatic heterocycles. The Morgan fingerprint density at radius 2 is 2.16 bits per heavy atom. The number of hydrogen-bond acceptors (Lipinski definition) is 6. The predicted octanol–water partition coefficient (Wildman–Crippen LogP) is 1.98. The van der Waals surface area contributed by atoms with Crippen LogP contribution in [-0.2, 0) is 5.54 Å². The molecule has 0 saturated carbocycles. The molecular formula is C11H11FN4O3. The molecule has 7 nitrogen and oxygen atoms in total. The van der Waals surface area contributed by atoms with Gasteiger partial charge in [0.2, 0.25) is 0 Å². The van der Waals surface area contributed by atoms with Crippen LogP contribution in [0.3, 0.4) is 0 Å². The number of nitrogens with zero attached hydrogens (tertiary/aromatic N) is 3. The van der Waals surface area contributed by atoms with E-state index in [1.165, 1.54) is 6.07 Å². The zero-order valence-corrected chi connectivity index (χ0v) is 10.3. The molecule has 0 aliphatic carbocycles. The van der Waals surface area contributed by atoms with Gasteiger partial charge in [-0.3, -0.25) is 10.1 Å². The first kappa shape index (κ1) is 13.1. The Labute approximate surface area is 107 Å². The second-order valence-electron chi connectivity index (χ2n) is 4.57. The van der Waals surface area contributed by atoms with Crippen LogP contribution in [0.5, 0.6) is 0 Å². The molecule has 0 saturated heterocycles. The van der Waals surface area contributed by atoms with Crippen molar-refractivity contribution in [2.75, 3.05) is 0 Å². The lowest BCUT2D eigenvalue weighted by Crippen LogP contribution is -2.30. The largest absolute Gasteiger partial charge is 0.334 e. The standard InChI is InChI=1S/C11H11FN4O3/c1-11(2,13)10-14-9(19-15-10)7-4-3-6(16(17)18)5-8(7)12/h3-5H,13H2,1-2H3. The van der Waals surface area contributed by atoms with Crippen LogP contribution in [0.2, 0.25) is 0 Å². The van der Waals surface area contributed by atoms with E-state index in [1.54, 1.807) is 13.8 Å². The Morgan fingerprint density at radius 1 is 1.47 bits per heavy atom. The Hall–Kier alpha value is -2.35. The van der Waals surface area contributed by atoms with Crippen molar-refractivity contribution < 1.29 is 13.8 Å². The van der Waals surface area contributed by atoms with Crippen molar-refractivity contribution in [2.24, 2.45) is 5.73 Å². The third-order valence-corrected chi connectivity index (χ3v) is 2.40. The summed E-state index contributed by atoms with van der Waals surface area (Å²) in [5, 5.41) is 14.2. The van der Waals surface area contributed by atoms with Crippen LogP contribution < -0.4 is 5.73 Å². The summed E-state index contributed by atoms with van der Waals surface area (Å²) < 4.78 is 18.6. The van der Waals surface area contributed by atoms with Crippen LogP contribution >= 0.6 is 0 Å². The molecule has 0 unspecified atom stereocenters. The minimum absolute atomic E-state index is 0.00593. The monoisotopic (exact) mass is 266 g/mol. The molecule has 0 radical (unpaired) electrons. The van der Waals surface area contributed by atoms with Crippen LogP contribution in [0.15, 0.2) is 22.7 Å². The molecule has 0 amide bonds. The number of nitro benzene ring substituents is 1. The van der Waals surface area contributed by atoms with E-state index in [2.05, 4.69) is 10.1 Å². The molecule has 2 aromatic rings. The third kappa shape index (κ3) is 2.58. The maximum Gasteiger partial charge on any atom is 0.272 e. The summed E-state index contributed by atoms with van der Waals surface area (Å²) in [6, 6.07) is 3.18. The van der Waals surface area contributed by atoms with Gasteiger partial charge in [-0.05, 0) is 19.9 Å². The van der Waals surface area contributed by atoms with Crippen molar-refractivity contribution in [2.45, 2.75) is 19.4 Å². The molecular weight excluding hydrogens is 255 g/mol. The van der Waals surface area contributed by atoms with Crippen molar-refractivity contribution in [3.63, 3.8) is 0 Å². The maximum atomic E-state index is 13.7. The van der Waals surface area contributed by atoms with Gasteiger partial charge in [0.25, 0.3) is 11.6 Å². The third-order valence-electron chi connectivity index (χ3n) is 2.40. The van der Waals surface area contributed by atoms with E-state index in [9.17, 15) is 14.5 Å². The molecule has 1 aromatic carbocycles. The smallest absolute Gasteiger partial charge is 0.272 e. The Bertz CT molecular complexity index is 633. The molecule has 2 N–H and O–H groups in total. The number of benzene rings is 1. The van der Waals surface area contributed by atoms with E-state index < -0.39 is 16.3 Å². The number of non-ortho nitro benzene ring substituents is 1. The van der Waals surface area contributed by atoms with Crippen molar-refractivity contribution in [3.05, 3.63) is 40.0 Å². The highest BCUT2D eigenvalue weighted by molar-refractivity contribution is 5.56. The number of nitro groups is 1. The van der Waals surface area contributed by atoms with Gasteiger partial charge in [0, 0.05) is 6.07 Å². The number of nitrogens with two attached hydrogens (primary N) is 1. The average Bonchev–Trinajstić information content (AvgIpc) is 2.77. The molecule has 0 atom stereocenters. The first-order valence-corrected chi connectivity index (χ1v) is 5.36. The molecule has 0 aliphatic rings. The predicted molar refractivity (Wildman–Crippen MR) is 63.6 cm³/mol. The zero-order chi connectivity index (χ0) is 14.2. The molecule has 1 heterocycles. The summed E-state index contributed by atoms with van der Waals surface area (Å²) in [7, 11) is 0. The SMILES string of the molecule is CC(C)(N)c1noc(-c2ccc([N+](=O)[O-])cc2F)n1. The molecule has 2 rings (SSSR count). The fraction of sp³-hybridized carbons (Fsp3) is 0.273. The van der Waals surface area contributed by atoms with Crippen molar-refractivity contribution in [1.29, 1.82) is 0 Å². The van der Waals surface area contributed by atoms with Crippen LogP contribution in [0.1, 0.15) is 19.7 Å². The van der Waals surface area contributed by atoms with E-state index in [0.717, 1.165) is 12.1 Å². The van der Waals surface area contributed by atoms with Gasteiger partial charge in [-0.1, -0.05) is 5.16 Å². The summed E-state index contributed by atoms with van der Waals surface area (Å²) in [5.74, 6) is -0.652. The van der Waals surface area contributed by atoms with Crippen LogP contribution in [-0.4, -0.2) is 15.1 Å². The highest BCUT2D eigenvalue weighted by atomic mass is 19.1. The first-order valence-electron chi connectivity index (χ1n) is 5.36. The maximum absolute atomic E-state index is 13.7. The van der Waals surface area contributed by atoms with Gasteiger partial charge in [0.05, 0.1) is 22.1 Å². The summed E-state index contributed by atoms with van der Waals surface area (Å²) >= 11 is 0. The van der Waals surface area contributed by atoms with Gasteiger partial charge in [0.1, 0.15) is 5.82 Å². The van der Waals surface area contributed by atoms with Gasteiger partial charge >= 0.3 is 0 Å². The number of hydrogen-bond donors (Lipinski definition) is 1. The number of halogens is 1. The second-order valence-corrected chi connectivity index (χ2v) is 4.57. The van der Waals surface area contributed by atoms with Crippen LogP contribution in [0.4, 0.5) is 10.1 Å². The zero-order valence-electron chi connectivity index (χ0n) is 10.3. The van der Waals surface area contributed by atoms with Gasteiger partial charge in [0.15, 0.2) is 5.82 Å². The molecule has 19 heavy (non-hydrogen) atoms. The van der Waals surface area contributed by atoms with Gasteiger partial charge in [-0.25, -0.2) is 4.39 Å². The summed E-state index contributed by atoms with van der Waals surface area (Å²) in [6.07, 6.45) is 0. The Kier molecular flexibility index (Phi) is 3.03. The molecule has 0 bridgehead atoms. The topological polar surface area (TPSA) is 108 Å². The molecule has 0 aliphatic heterocycles. The van der Waals surface area contributed by atoms with E-state index in [1.807, 2.05) is 0 Å². The fourth-order valence-electron chi connectivity index (χ4n) is 1.39.